The standard InChI is InChI=1S/C22H27NO3/c1-14(2)26-20-11-9-18(10-12-20)22(25)23(6)17(5)21(24)19-8-7-15(3)16(4)13-19/h7-14,17H,1-6H3. The molecule has 2 rings (SSSR count). The molecule has 0 aliphatic rings. The van der Waals surface area contributed by atoms with Crippen LogP contribution in [0.25, 0.3) is 0 Å². The summed E-state index contributed by atoms with van der Waals surface area (Å²) in [4.78, 5) is 26.9. The lowest BCUT2D eigenvalue weighted by Gasteiger charge is -2.24. The molecule has 4 heteroatoms. The number of benzene rings is 2. The fourth-order valence-electron chi connectivity index (χ4n) is 2.64. The number of likely N-dealkylation sites (N-methyl/N-ethyl adjacent to an activating group) is 1. The molecule has 0 aliphatic carbocycles. The lowest BCUT2D eigenvalue weighted by molar-refractivity contribution is 0.0675. The first-order chi connectivity index (χ1) is 12.2. The van der Waals surface area contributed by atoms with Crippen molar-refractivity contribution in [3.63, 3.8) is 0 Å². The van der Waals surface area contributed by atoms with Crippen LogP contribution in [0.1, 0.15) is 52.6 Å². The second-order valence-corrected chi connectivity index (χ2v) is 6.95. The predicted octanol–water partition coefficient (Wildman–Crippen LogP) is 4.43. The van der Waals surface area contributed by atoms with Gasteiger partial charge >= 0.3 is 0 Å². The molecule has 0 saturated carbocycles. The minimum atomic E-state index is -0.545. The molecule has 0 aromatic heterocycles. The highest BCUT2D eigenvalue weighted by Crippen LogP contribution is 2.18. The van der Waals surface area contributed by atoms with E-state index in [9.17, 15) is 9.59 Å². The van der Waals surface area contributed by atoms with Crippen LogP contribution in [-0.2, 0) is 0 Å². The van der Waals surface area contributed by atoms with E-state index in [1.165, 1.54) is 4.90 Å². The summed E-state index contributed by atoms with van der Waals surface area (Å²) < 4.78 is 5.59. The van der Waals surface area contributed by atoms with Gasteiger partial charge < -0.3 is 9.64 Å². The van der Waals surface area contributed by atoms with Gasteiger partial charge in [0.05, 0.1) is 12.1 Å². The maximum absolute atomic E-state index is 12.7. The molecule has 2 aromatic carbocycles. The van der Waals surface area contributed by atoms with Gasteiger partial charge in [0, 0.05) is 18.2 Å². The third kappa shape index (κ3) is 4.51. The van der Waals surface area contributed by atoms with Crippen LogP contribution in [0.5, 0.6) is 5.75 Å². The van der Waals surface area contributed by atoms with Gasteiger partial charge in [0.2, 0.25) is 0 Å². The zero-order chi connectivity index (χ0) is 19.4. The van der Waals surface area contributed by atoms with E-state index < -0.39 is 6.04 Å². The third-order valence-electron chi connectivity index (χ3n) is 4.55. The summed E-state index contributed by atoms with van der Waals surface area (Å²) in [5.74, 6) is 0.466. The Morgan fingerprint density at radius 2 is 1.46 bits per heavy atom. The van der Waals surface area contributed by atoms with E-state index in [4.69, 9.17) is 4.74 Å². The molecule has 1 atom stereocenters. The van der Waals surface area contributed by atoms with Crippen LogP contribution in [0.15, 0.2) is 42.5 Å². The number of amides is 1. The van der Waals surface area contributed by atoms with E-state index in [-0.39, 0.29) is 17.8 Å². The number of nitrogens with zero attached hydrogens (tertiary/aromatic N) is 1. The minimum absolute atomic E-state index is 0.0660. The molecular weight excluding hydrogens is 326 g/mol. The van der Waals surface area contributed by atoms with E-state index in [0.29, 0.717) is 11.1 Å². The monoisotopic (exact) mass is 353 g/mol. The highest BCUT2D eigenvalue weighted by atomic mass is 16.5. The van der Waals surface area contributed by atoms with Crippen LogP contribution >= 0.6 is 0 Å². The summed E-state index contributed by atoms with van der Waals surface area (Å²) in [7, 11) is 1.66. The number of hydrogen-bond donors (Lipinski definition) is 0. The summed E-state index contributed by atoms with van der Waals surface area (Å²) in [6, 6.07) is 12.1. The SMILES string of the molecule is Cc1ccc(C(=O)C(C)N(C)C(=O)c2ccc(OC(C)C)cc2)cc1C. The van der Waals surface area contributed by atoms with Gasteiger partial charge in [-0.1, -0.05) is 12.1 Å². The van der Waals surface area contributed by atoms with Gasteiger partial charge in [0.15, 0.2) is 5.78 Å². The van der Waals surface area contributed by atoms with Crippen LogP contribution in [-0.4, -0.2) is 35.8 Å². The van der Waals surface area contributed by atoms with Crippen molar-refractivity contribution in [1.29, 1.82) is 0 Å². The van der Waals surface area contributed by atoms with Gasteiger partial charge in [-0.3, -0.25) is 9.59 Å². The Kier molecular flexibility index (Phi) is 6.19. The minimum Gasteiger partial charge on any atom is -0.491 e. The zero-order valence-electron chi connectivity index (χ0n) is 16.4. The Morgan fingerprint density at radius 1 is 0.885 bits per heavy atom. The van der Waals surface area contributed by atoms with Crippen LogP contribution < -0.4 is 4.74 Å². The Labute approximate surface area is 155 Å². The van der Waals surface area contributed by atoms with Crippen molar-refractivity contribution in [3.8, 4) is 5.75 Å². The molecule has 0 spiro atoms. The molecule has 0 saturated heterocycles. The molecule has 4 nitrogen and oxygen atoms in total. The lowest BCUT2D eigenvalue weighted by atomic mass is 9.99. The lowest BCUT2D eigenvalue weighted by Crippen LogP contribution is -2.40. The van der Waals surface area contributed by atoms with E-state index in [0.717, 1.165) is 16.9 Å². The first kappa shape index (κ1) is 19.7. The first-order valence-electron chi connectivity index (χ1n) is 8.86. The second kappa shape index (κ2) is 8.17. The first-order valence-corrected chi connectivity index (χ1v) is 8.86. The second-order valence-electron chi connectivity index (χ2n) is 6.95. The van der Waals surface area contributed by atoms with E-state index >= 15 is 0 Å². The van der Waals surface area contributed by atoms with Crippen LogP contribution in [0.2, 0.25) is 0 Å². The number of hydrogen-bond acceptors (Lipinski definition) is 3. The van der Waals surface area contributed by atoms with Crippen molar-refractivity contribution in [1.82, 2.24) is 4.90 Å². The van der Waals surface area contributed by atoms with Gasteiger partial charge in [-0.25, -0.2) is 0 Å². The number of rotatable bonds is 6. The molecule has 1 amide bonds. The Bertz CT molecular complexity index is 794. The number of Topliss-reactive ketones (excluding diaryl/α,β-unsaturated/α-hetero) is 1. The molecule has 138 valence electrons. The number of ketones is 1. The smallest absolute Gasteiger partial charge is 0.254 e. The van der Waals surface area contributed by atoms with Crippen molar-refractivity contribution in [2.45, 2.75) is 46.8 Å². The van der Waals surface area contributed by atoms with Gasteiger partial charge in [-0.15, -0.1) is 0 Å². The van der Waals surface area contributed by atoms with Crippen LogP contribution in [0, 0.1) is 13.8 Å². The summed E-state index contributed by atoms with van der Waals surface area (Å²) in [5, 5.41) is 0. The molecular formula is C22H27NO3. The Morgan fingerprint density at radius 3 is 2.00 bits per heavy atom. The van der Waals surface area contributed by atoms with Crippen LogP contribution in [0.3, 0.4) is 0 Å². The normalized spacial score (nSPS) is 12.0. The fraction of sp³-hybridized carbons (Fsp3) is 0.364. The van der Waals surface area contributed by atoms with Gasteiger partial charge in [-0.05, 0) is 76.1 Å². The topological polar surface area (TPSA) is 46.6 Å². The molecule has 0 N–H and O–H groups in total. The average Bonchev–Trinajstić information content (AvgIpc) is 2.61. The molecule has 0 fully saturated rings. The molecule has 1 unspecified atom stereocenters. The van der Waals surface area contributed by atoms with Crippen LogP contribution in [0.4, 0.5) is 0 Å². The summed E-state index contributed by atoms with van der Waals surface area (Å²) in [6.07, 6.45) is 0.0786. The van der Waals surface area contributed by atoms with Crippen molar-refractivity contribution in [2.75, 3.05) is 7.05 Å². The Balaban J connectivity index is 2.13. The van der Waals surface area contributed by atoms with Crippen molar-refractivity contribution in [2.24, 2.45) is 0 Å². The van der Waals surface area contributed by atoms with E-state index in [1.54, 1.807) is 38.2 Å². The van der Waals surface area contributed by atoms with Gasteiger partial charge in [-0.2, -0.15) is 0 Å². The summed E-state index contributed by atoms with van der Waals surface area (Å²) >= 11 is 0. The van der Waals surface area contributed by atoms with E-state index in [2.05, 4.69) is 0 Å². The summed E-state index contributed by atoms with van der Waals surface area (Å²) in [5.41, 5.74) is 3.37. The predicted molar refractivity (Wildman–Crippen MR) is 104 cm³/mol. The molecule has 0 bridgehead atoms. The molecule has 26 heavy (non-hydrogen) atoms. The third-order valence-corrected chi connectivity index (χ3v) is 4.55. The zero-order valence-corrected chi connectivity index (χ0v) is 16.4. The quantitative estimate of drug-likeness (QED) is 0.722. The number of carbonyl (C=O) groups excluding carboxylic acids is 2. The van der Waals surface area contributed by atoms with Crippen molar-refractivity contribution in [3.05, 3.63) is 64.7 Å². The fourth-order valence-corrected chi connectivity index (χ4v) is 2.64. The number of ether oxygens (including phenoxy) is 1. The largest absolute Gasteiger partial charge is 0.491 e. The maximum Gasteiger partial charge on any atom is 0.254 e. The molecule has 0 aliphatic heterocycles. The van der Waals surface area contributed by atoms with Crippen molar-refractivity contribution < 1.29 is 14.3 Å². The highest BCUT2D eigenvalue weighted by Gasteiger charge is 2.24. The number of aryl methyl sites for hydroxylation is 2. The molecule has 0 radical (unpaired) electrons. The molecule has 2 aromatic rings. The van der Waals surface area contributed by atoms with E-state index in [1.807, 2.05) is 45.9 Å². The maximum atomic E-state index is 12.7. The number of carbonyl (C=O) groups is 2. The van der Waals surface area contributed by atoms with Gasteiger partial charge in [0.1, 0.15) is 5.75 Å². The van der Waals surface area contributed by atoms with Gasteiger partial charge in [0.25, 0.3) is 5.91 Å². The van der Waals surface area contributed by atoms with Crippen molar-refractivity contribution >= 4 is 11.7 Å². The highest BCUT2D eigenvalue weighted by molar-refractivity contribution is 6.04. The Hall–Kier alpha value is -2.62. The molecule has 0 heterocycles. The average molecular weight is 353 g/mol. The summed E-state index contributed by atoms with van der Waals surface area (Å²) in [6.45, 7) is 9.65.